The van der Waals surface area contributed by atoms with Gasteiger partial charge in [-0.1, -0.05) is 12.2 Å². The van der Waals surface area contributed by atoms with Crippen LogP contribution in [0.4, 0.5) is 0 Å². The standard InChI is InChI=1S/C10H17N3O3S/c1-9(2)8-16-5-4-12-17(14,15)10-6-11-13(3)7-10/h6-7,12H,1,4-5,8H2,2-3H3. The molecular formula is C10H17N3O3S. The van der Waals surface area contributed by atoms with Gasteiger partial charge in [-0.2, -0.15) is 5.10 Å². The molecule has 0 fully saturated rings. The Kier molecular flexibility index (Phi) is 4.86. The molecule has 0 aliphatic heterocycles. The lowest BCUT2D eigenvalue weighted by atomic mass is 10.4. The van der Waals surface area contributed by atoms with E-state index in [1.54, 1.807) is 7.05 Å². The molecular weight excluding hydrogens is 242 g/mol. The van der Waals surface area contributed by atoms with Gasteiger partial charge in [0.05, 0.1) is 19.4 Å². The molecule has 1 rings (SSSR count). The molecule has 0 bridgehead atoms. The zero-order chi connectivity index (χ0) is 12.9. The van der Waals surface area contributed by atoms with Gasteiger partial charge < -0.3 is 4.74 Å². The average molecular weight is 259 g/mol. The van der Waals surface area contributed by atoms with Crippen molar-refractivity contribution in [2.75, 3.05) is 19.8 Å². The van der Waals surface area contributed by atoms with Crippen molar-refractivity contribution in [2.24, 2.45) is 7.05 Å². The van der Waals surface area contributed by atoms with Crippen molar-refractivity contribution >= 4 is 10.0 Å². The number of aryl methyl sites for hydroxylation is 1. The molecule has 0 aliphatic rings. The fraction of sp³-hybridized carbons (Fsp3) is 0.500. The van der Waals surface area contributed by atoms with Crippen molar-refractivity contribution in [2.45, 2.75) is 11.8 Å². The zero-order valence-electron chi connectivity index (χ0n) is 10.0. The molecule has 0 amide bonds. The summed E-state index contributed by atoms with van der Waals surface area (Å²) in [6, 6.07) is 0. The van der Waals surface area contributed by atoms with Crippen molar-refractivity contribution < 1.29 is 13.2 Å². The van der Waals surface area contributed by atoms with Crippen LogP contribution in [0.3, 0.4) is 0 Å². The summed E-state index contributed by atoms with van der Waals surface area (Å²) < 4.78 is 32.5. The maximum Gasteiger partial charge on any atom is 0.243 e. The summed E-state index contributed by atoms with van der Waals surface area (Å²) in [7, 11) is -1.81. The predicted octanol–water partition coefficient (Wildman–Crippen LogP) is 0.291. The molecule has 0 aromatic carbocycles. The lowest BCUT2D eigenvalue weighted by molar-refractivity contribution is 0.162. The first-order valence-corrected chi connectivity index (χ1v) is 6.60. The van der Waals surface area contributed by atoms with Gasteiger partial charge in [-0.25, -0.2) is 13.1 Å². The minimum atomic E-state index is -3.48. The van der Waals surface area contributed by atoms with Gasteiger partial charge in [0.25, 0.3) is 0 Å². The molecule has 0 unspecified atom stereocenters. The smallest absolute Gasteiger partial charge is 0.243 e. The van der Waals surface area contributed by atoms with Gasteiger partial charge in [0.1, 0.15) is 4.90 Å². The highest BCUT2D eigenvalue weighted by Gasteiger charge is 2.14. The Bertz CT molecular complexity index is 479. The molecule has 96 valence electrons. The zero-order valence-corrected chi connectivity index (χ0v) is 10.8. The fourth-order valence-corrected chi connectivity index (χ4v) is 2.11. The first kappa shape index (κ1) is 13.9. The Morgan fingerprint density at radius 3 is 2.88 bits per heavy atom. The van der Waals surface area contributed by atoms with Gasteiger partial charge >= 0.3 is 0 Å². The van der Waals surface area contributed by atoms with E-state index in [-0.39, 0.29) is 11.4 Å². The average Bonchev–Trinajstić information content (AvgIpc) is 2.64. The van der Waals surface area contributed by atoms with Gasteiger partial charge in [-0.05, 0) is 6.92 Å². The molecule has 7 heteroatoms. The summed E-state index contributed by atoms with van der Waals surface area (Å²) in [6.07, 6.45) is 2.74. The molecule has 0 atom stereocenters. The van der Waals surface area contributed by atoms with Crippen LogP contribution >= 0.6 is 0 Å². The van der Waals surface area contributed by atoms with E-state index in [4.69, 9.17) is 4.74 Å². The maximum absolute atomic E-state index is 11.7. The van der Waals surface area contributed by atoms with Crippen LogP contribution in [0.15, 0.2) is 29.4 Å². The van der Waals surface area contributed by atoms with Crippen LogP contribution in [0.25, 0.3) is 0 Å². The van der Waals surface area contributed by atoms with Crippen LogP contribution in [0.5, 0.6) is 0 Å². The summed E-state index contributed by atoms with van der Waals surface area (Å²) in [5, 5.41) is 3.81. The molecule has 17 heavy (non-hydrogen) atoms. The third-order valence-electron chi connectivity index (χ3n) is 1.88. The summed E-state index contributed by atoms with van der Waals surface area (Å²) in [6.45, 7) is 6.50. The Hall–Kier alpha value is -1.18. The summed E-state index contributed by atoms with van der Waals surface area (Å²) in [5.74, 6) is 0. The second kappa shape index (κ2) is 5.95. The van der Waals surface area contributed by atoms with Crippen molar-refractivity contribution in [3.63, 3.8) is 0 Å². The molecule has 1 heterocycles. The van der Waals surface area contributed by atoms with E-state index in [1.807, 2.05) is 6.92 Å². The first-order valence-electron chi connectivity index (χ1n) is 5.12. The topological polar surface area (TPSA) is 73.2 Å². The molecule has 0 saturated heterocycles. The molecule has 1 aromatic rings. The highest BCUT2D eigenvalue weighted by molar-refractivity contribution is 7.89. The highest BCUT2D eigenvalue weighted by atomic mass is 32.2. The van der Waals surface area contributed by atoms with E-state index < -0.39 is 10.0 Å². The van der Waals surface area contributed by atoms with Crippen LogP contribution in [-0.2, 0) is 21.8 Å². The van der Waals surface area contributed by atoms with E-state index in [0.29, 0.717) is 13.2 Å². The Labute approximate surface area is 101 Å². The predicted molar refractivity (Wildman–Crippen MR) is 64.0 cm³/mol. The highest BCUT2D eigenvalue weighted by Crippen LogP contribution is 2.05. The number of nitrogens with zero attached hydrogens (tertiary/aromatic N) is 2. The number of rotatable bonds is 7. The summed E-state index contributed by atoms with van der Waals surface area (Å²) >= 11 is 0. The first-order chi connectivity index (χ1) is 7.92. The SMILES string of the molecule is C=C(C)COCCNS(=O)(=O)c1cnn(C)c1. The number of hydrogen-bond donors (Lipinski definition) is 1. The Morgan fingerprint density at radius 1 is 1.65 bits per heavy atom. The molecule has 0 saturated carbocycles. The fourth-order valence-electron chi connectivity index (χ4n) is 1.12. The molecule has 1 N–H and O–H groups in total. The van der Waals surface area contributed by atoms with Crippen molar-refractivity contribution in [1.29, 1.82) is 0 Å². The van der Waals surface area contributed by atoms with E-state index in [2.05, 4.69) is 16.4 Å². The monoisotopic (exact) mass is 259 g/mol. The van der Waals surface area contributed by atoms with Gasteiger partial charge in [0, 0.05) is 19.8 Å². The minimum absolute atomic E-state index is 0.153. The second-order valence-electron chi connectivity index (χ2n) is 3.76. The largest absolute Gasteiger partial charge is 0.376 e. The van der Waals surface area contributed by atoms with Crippen LogP contribution < -0.4 is 4.72 Å². The van der Waals surface area contributed by atoms with E-state index in [0.717, 1.165) is 5.57 Å². The van der Waals surface area contributed by atoms with Crippen molar-refractivity contribution in [3.05, 3.63) is 24.5 Å². The van der Waals surface area contributed by atoms with Crippen molar-refractivity contribution in [3.8, 4) is 0 Å². The van der Waals surface area contributed by atoms with Gasteiger partial charge in [-0.3, -0.25) is 4.68 Å². The lowest BCUT2D eigenvalue weighted by Crippen LogP contribution is -2.27. The molecule has 0 radical (unpaired) electrons. The molecule has 6 nitrogen and oxygen atoms in total. The molecule has 0 spiro atoms. The van der Waals surface area contributed by atoms with E-state index >= 15 is 0 Å². The van der Waals surface area contributed by atoms with Gasteiger partial charge in [-0.15, -0.1) is 0 Å². The number of ether oxygens (including phenoxy) is 1. The third kappa shape index (κ3) is 4.68. The van der Waals surface area contributed by atoms with E-state index in [1.165, 1.54) is 17.1 Å². The number of nitrogens with one attached hydrogen (secondary N) is 1. The van der Waals surface area contributed by atoms with Gasteiger partial charge in [0.15, 0.2) is 0 Å². The maximum atomic E-state index is 11.7. The van der Waals surface area contributed by atoms with Crippen LogP contribution in [-0.4, -0.2) is 38.0 Å². The second-order valence-corrected chi connectivity index (χ2v) is 5.52. The number of sulfonamides is 1. The van der Waals surface area contributed by atoms with Crippen LogP contribution in [0, 0.1) is 0 Å². The van der Waals surface area contributed by atoms with Crippen LogP contribution in [0.1, 0.15) is 6.92 Å². The number of hydrogen-bond acceptors (Lipinski definition) is 4. The number of aromatic nitrogens is 2. The third-order valence-corrected chi connectivity index (χ3v) is 3.29. The van der Waals surface area contributed by atoms with E-state index in [9.17, 15) is 8.42 Å². The summed E-state index contributed by atoms with van der Waals surface area (Å²) in [4.78, 5) is 0.153. The van der Waals surface area contributed by atoms with Gasteiger partial charge in [0.2, 0.25) is 10.0 Å². The minimum Gasteiger partial charge on any atom is -0.376 e. The van der Waals surface area contributed by atoms with Crippen molar-refractivity contribution in [1.82, 2.24) is 14.5 Å². The quantitative estimate of drug-likeness (QED) is 0.564. The summed E-state index contributed by atoms with van der Waals surface area (Å²) in [5.41, 5.74) is 0.903. The Morgan fingerprint density at radius 2 is 2.35 bits per heavy atom. The normalized spacial score (nSPS) is 11.6. The molecule has 1 aromatic heterocycles. The Balaban J connectivity index is 2.38. The van der Waals surface area contributed by atoms with Crippen LogP contribution in [0.2, 0.25) is 0 Å². The molecule has 0 aliphatic carbocycles. The lowest BCUT2D eigenvalue weighted by Gasteiger charge is -2.05.